The van der Waals surface area contributed by atoms with Crippen LogP contribution in [0, 0.1) is 0 Å². The van der Waals surface area contributed by atoms with Gasteiger partial charge in [0.2, 0.25) is 12.1 Å². The first-order chi connectivity index (χ1) is 9.10. The topological polar surface area (TPSA) is 30.8 Å². The maximum atomic E-state index is 6.05. The van der Waals surface area contributed by atoms with Gasteiger partial charge in [0.15, 0.2) is 5.75 Å². The Labute approximate surface area is 126 Å². The molecular formula is C13H10Cl3NO2. The fourth-order valence-corrected chi connectivity index (χ4v) is 2.36. The Kier molecular flexibility index (Phi) is 4.75. The Hall–Kier alpha value is -1.16. The number of aliphatic imine (C=N–C) groups is 1. The predicted octanol–water partition coefficient (Wildman–Crippen LogP) is 4.52. The van der Waals surface area contributed by atoms with E-state index in [1.54, 1.807) is 36.4 Å². The molecule has 0 N–H and O–H groups in total. The van der Waals surface area contributed by atoms with Crippen molar-refractivity contribution in [3.05, 3.63) is 51.5 Å². The number of hydrogen-bond acceptors (Lipinski definition) is 3. The van der Waals surface area contributed by atoms with Crippen molar-refractivity contribution in [2.75, 3.05) is 7.11 Å². The van der Waals surface area contributed by atoms with Gasteiger partial charge >= 0.3 is 0 Å². The van der Waals surface area contributed by atoms with Crippen molar-refractivity contribution in [2.24, 2.45) is 4.99 Å². The molecule has 3 nitrogen and oxygen atoms in total. The van der Waals surface area contributed by atoms with E-state index < -0.39 is 6.23 Å². The molecule has 1 heterocycles. The third-order valence-corrected chi connectivity index (χ3v) is 3.07. The molecule has 0 fully saturated rings. The van der Waals surface area contributed by atoms with Gasteiger partial charge in [-0.15, -0.1) is 0 Å². The molecule has 19 heavy (non-hydrogen) atoms. The summed E-state index contributed by atoms with van der Waals surface area (Å²) in [6.07, 6.45) is 6.52. The summed E-state index contributed by atoms with van der Waals surface area (Å²) in [5, 5.41) is 1.11. The molecule has 1 aromatic rings. The summed E-state index contributed by atoms with van der Waals surface area (Å²) in [5.41, 5.74) is 0. The van der Waals surface area contributed by atoms with Crippen molar-refractivity contribution in [3.63, 3.8) is 0 Å². The van der Waals surface area contributed by atoms with Crippen LogP contribution in [-0.2, 0) is 4.74 Å². The maximum absolute atomic E-state index is 6.05. The molecule has 2 rings (SSSR count). The first-order valence-corrected chi connectivity index (χ1v) is 6.51. The molecule has 0 radical (unpaired) electrons. The van der Waals surface area contributed by atoms with Crippen LogP contribution in [0.3, 0.4) is 0 Å². The molecule has 0 saturated heterocycles. The van der Waals surface area contributed by atoms with Gasteiger partial charge in [-0.2, -0.15) is 0 Å². The largest absolute Gasteiger partial charge is 0.481 e. The molecule has 0 aromatic heterocycles. The zero-order chi connectivity index (χ0) is 13.8. The van der Waals surface area contributed by atoms with Gasteiger partial charge in [-0.05, 0) is 24.3 Å². The zero-order valence-electron chi connectivity index (χ0n) is 9.94. The number of allylic oxidation sites excluding steroid dienone is 2. The Morgan fingerprint density at radius 2 is 1.79 bits per heavy atom. The Balaban J connectivity index is 2.26. The number of benzene rings is 1. The summed E-state index contributed by atoms with van der Waals surface area (Å²) < 4.78 is 10.7. The summed E-state index contributed by atoms with van der Waals surface area (Å²) in [6, 6.07) is 3.12. The fraction of sp³-hybridized carbons (Fsp3) is 0.154. The van der Waals surface area contributed by atoms with E-state index in [1.165, 1.54) is 7.11 Å². The van der Waals surface area contributed by atoms with Crippen LogP contribution in [0.1, 0.15) is 0 Å². The third kappa shape index (κ3) is 3.66. The normalized spacial score (nSPS) is 17.9. The van der Waals surface area contributed by atoms with E-state index in [-0.39, 0.29) is 0 Å². The SMILES string of the molecule is COC1=NC(Oc2c(Cl)cc(Cl)cc2Cl)C=CC=C1. The van der Waals surface area contributed by atoms with Crippen molar-refractivity contribution in [1.29, 1.82) is 0 Å². The van der Waals surface area contributed by atoms with Crippen LogP contribution in [0.4, 0.5) is 0 Å². The fourth-order valence-electron chi connectivity index (χ4n) is 1.46. The van der Waals surface area contributed by atoms with Crippen LogP contribution in [0.15, 0.2) is 41.4 Å². The molecule has 1 aliphatic rings. The zero-order valence-corrected chi connectivity index (χ0v) is 12.2. The summed E-state index contributed by atoms with van der Waals surface area (Å²) in [5.74, 6) is 0.791. The van der Waals surface area contributed by atoms with Crippen LogP contribution in [0.2, 0.25) is 15.1 Å². The van der Waals surface area contributed by atoms with E-state index in [4.69, 9.17) is 44.3 Å². The van der Waals surface area contributed by atoms with E-state index >= 15 is 0 Å². The molecule has 0 saturated carbocycles. The monoisotopic (exact) mass is 317 g/mol. The smallest absolute Gasteiger partial charge is 0.213 e. The minimum absolute atomic E-state index is 0.331. The molecule has 0 amide bonds. The van der Waals surface area contributed by atoms with Crippen molar-refractivity contribution >= 4 is 40.7 Å². The molecule has 6 heteroatoms. The lowest BCUT2D eigenvalue weighted by Gasteiger charge is -2.14. The molecule has 0 aliphatic carbocycles. The van der Waals surface area contributed by atoms with Gasteiger partial charge in [0.1, 0.15) is 0 Å². The van der Waals surface area contributed by atoms with Crippen LogP contribution in [0.5, 0.6) is 5.75 Å². The van der Waals surface area contributed by atoms with Crippen LogP contribution < -0.4 is 4.74 Å². The minimum Gasteiger partial charge on any atom is -0.481 e. The van der Waals surface area contributed by atoms with E-state index in [1.807, 2.05) is 0 Å². The molecule has 1 aliphatic heterocycles. The number of halogens is 3. The van der Waals surface area contributed by atoms with Crippen molar-refractivity contribution in [1.82, 2.24) is 0 Å². The molecule has 1 unspecified atom stereocenters. The first-order valence-electron chi connectivity index (χ1n) is 5.38. The lowest BCUT2D eigenvalue weighted by molar-refractivity contribution is 0.254. The minimum atomic E-state index is -0.568. The number of methoxy groups -OCH3 is 1. The summed E-state index contributed by atoms with van der Waals surface area (Å²) >= 11 is 17.9. The van der Waals surface area contributed by atoms with Gasteiger partial charge in [-0.1, -0.05) is 47.0 Å². The second kappa shape index (κ2) is 6.33. The molecule has 0 bridgehead atoms. The predicted molar refractivity (Wildman–Crippen MR) is 78.6 cm³/mol. The molecule has 1 aromatic carbocycles. The van der Waals surface area contributed by atoms with Gasteiger partial charge < -0.3 is 9.47 Å². The quantitative estimate of drug-likeness (QED) is 0.802. The van der Waals surface area contributed by atoms with Gasteiger partial charge in [0.25, 0.3) is 0 Å². The standard InChI is InChI=1S/C13H10Cl3NO2/c1-18-11-4-2-3-5-12(17-11)19-13-9(15)6-8(14)7-10(13)16/h2-7,12H,1H3. The maximum Gasteiger partial charge on any atom is 0.213 e. The van der Waals surface area contributed by atoms with E-state index in [0.717, 1.165) is 0 Å². The summed E-state index contributed by atoms with van der Waals surface area (Å²) in [4.78, 5) is 4.24. The lowest BCUT2D eigenvalue weighted by atomic mass is 10.3. The lowest BCUT2D eigenvalue weighted by Crippen LogP contribution is -2.13. The highest BCUT2D eigenvalue weighted by Crippen LogP contribution is 2.36. The number of hydrogen-bond donors (Lipinski definition) is 0. The average Bonchev–Trinajstić information content (AvgIpc) is 2.58. The van der Waals surface area contributed by atoms with E-state index in [0.29, 0.717) is 26.7 Å². The van der Waals surface area contributed by atoms with Gasteiger partial charge in [0.05, 0.1) is 17.2 Å². The van der Waals surface area contributed by atoms with Crippen molar-refractivity contribution < 1.29 is 9.47 Å². The van der Waals surface area contributed by atoms with Crippen LogP contribution >= 0.6 is 34.8 Å². The second-order valence-electron chi connectivity index (χ2n) is 3.62. The Morgan fingerprint density at radius 3 is 2.42 bits per heavy atom. The first kappa shape index (κ1) is 14.3. The van der Waals surface area contributed by atoms with E-state index in [2.05, 4.69) is 4.99 Å². The summed E-state index contributed by atoms with van der Waals surface area (Å²) in [6.45, 7) is 0. The van der Waals surface area contributed by atoms with Crippen LogP contribution in [0.25, 0.3) is 0 Å². The molecule has 0 spiro atoms. The second-order valence-corrected chi connectivity index (χ2v) is 4.87. The molecular weight excluding hydrogens is 309 g/mol. The number of nitrogens with zero attached hydrogens (tertiary/aromatic N) is 1. The number of rotatable bonds is 2. The third-order valence-electron chi connectivity index (χ3n) is 2.29. The van der Waals surface area contributed by atoms with E-state index in [9.17, 15) is 0 Å². The van der Waals surface area contributed by atoms with Crippen molar-refractivity contribution in [2.45, 2.75) is 6.23 Å². The summed E-state index contributed by atoms with van der Waals surface area (Å²) in [7, 11) is 1.54. The average molecular weight is 319 g/mol. The van der Waals surface area contributed by atoms with Gasteiger partial charge in [0, 0.05) is 5.02 Å². The highest BCUT2D eigenvalue weighted by molar-refractivity contribution is 6.40. The highest BCUT2D eigenvalue weighted by Gasteiger charge is 2.14. The molecule has 1 atom stereocenters. The Morgan fingerprint density at radius 1 is 1.11 bits per heavy atom. The Bertz CT molecular complexity index is 544. The number of ether oxygens (including phenoxy) is 2. The van der Waals surface area contributed by atoms with Crippen LogP contribution in [-0.4, -0.2) is 19.2 Å². The highest BCUT2D eigenvalue weighted by atomic mass is 35.5. The molecule has 100 valence electrons. The van der Waals surface area contributed by atoms with Crippen molar-refractivity contribution in [3.8, 4) is 5.75 Å². The van der Waals surface area contributed by atoms with Gasteiger partial charge in [-0.3, -0.25) is 0 Å². The van der Waals surface area contributed by atoms with Gasteiger partial charge in [-0.25, -0.2) is 4.99 Å².